The Kier molecular flexibility index (Phi) is 30.1. The average Bonchev–Trinajstić information content (AvgIpc) is 3.22. The number of aliphatic hydroxyl groups excluding tert-OH is 5. The van der Waals surface area contributed by atoms with Gasteiger partial charge < -0.3 is 53.8 Å². The molecule has 0 aromatic rings. The van der Waals surface area contributed by atoms with E-state index in [4.69, 9.17) is 23.7 Å². The molecule has 2 saturated heterocycles. The van der Waals surface area contributed by atoms with Gasteiger partial charge in [0.1, 0.15) is 30.5 Å². The summed E-state index contributed by atoms with van der Waals surface area (Å²) < 4.78 is 67.7. The lowest BCUT2D eigenvalue weighted by atomic mass is 9.97. The summed E-state index contributed by atoms with van der Waals surface area (Å²) in [6, 6.07) is 0. The number of hydrogen-bond acceptors (Lipinski definition) is 16. The molecule has 0 spiro atoms. The molecule has 0 aromatic heterocycles. The summed E-state index contributed by atoms with van der Waals surface area (Å²) in [6.07, 6.45) is 10.5. The van der Waals surface area contributed by atoms with Crippen molar-refractivity contribution in [1.29, 1.82) is 0 Å². The van der Waals surface area contributed by atoms with Crippen molar-refractivity contribution in [3.63, 3.8) is 0 Å². The van der Waals surface area contributed by atoms with E-state index in [-0.39, 0.29) is 12.8 Å². The molecule has 0 aliphatic carbocycles. The third-order valence-electron chi connectivity index (χ3n) is 11.6. The summed E-state index contributed by atoms with van der Waals surface area (Å²) in [6.45, 7) is 2.72. The zero-order valence-electron chi connectivity index (χ0n) is 37.1. The molecule has 0 amide bonds. The Labute approximate surface area is 365 Å². The van der Waals surface area contributed by atoms with Gasteiger partial charge in [0, 0.05) is 12.8 Å². The molecule has 10 unspecified atom stereocenters. The molecule has 10 atom stereocenters. The lowest BCUT2D eigenvalue weighted by molar-refractivity contribution is -0.374. The molecule has 0 bridgehead atoms. The van der Waals surface area contributed by atoms with Crippen LogP contribution in [-0.4, -0.2) is 125 Å². The van der Waals surface area contributed by atoms with Crippen molar-refractivity contribution < 1.29 is 76.0 Å². The van der Waals surface area contributed by atoms with Crippen molar-refractivity contribution in [2.24, 2.45) is 0 Å². The molecule has 61 heavy (non-hydrogen) atoms. The van der Waals surface area contributed by atoms with Gasteiger partial charge in [-0.3, -0.25) is 13.8 Å². The minimum Gasteiger partial charge on any atom is -0.726 e. The first-order chi connectivity index (χ1) is 29.4. The summed E-state index contributed by atoms with van der Waals surface area (Å²) in [5.41, 5.74) is 0. The van der Waals surface area contributed by atoms with Gasteiger partial charge in [-0.15, -0.1) is 0 Å². The predicted molar refractivity (Wildman–Crippen MR) is 226 cm³/mol. The van der Waals surface area contributed by atoms with E-state index >= 15 is 0 Å². The van der Waals surface area contributed by atoms with Crippen LogP contribution >= 0.6 is 0 Å². The zero-order valence-corrected chi connectivity index (χ0v) is 37.9. The maximum Gasteiger partial charge on any atom is 0.306 e. The van der Waals surface area contributed by atoms with E-state index in [0.29, 0.717) is 12.8 Å². The molecular weight excluding hydrogens is 817 g/mol. The van der Waals surface area contributed by atoms with E-state index in [1.165, 1.54) is 103 Å². The number of esters is 2. The number of carbonyl (C=O) groups is 2. The molecule has 0 radical (unpaired) electrons. The number of ether oxygens (including phenoxy) is 5. The highest BCUT2D eigenvalue weighted by molar-refractivity contribution is 7.80. The number of aliphatic hydroxyl groups is 5. The number of unbranched alkanes of at least 4 members (excludes halogenated alkanes) is 24. The van der Waals surface area contributed by atoms with Gasteiger partial charge in [0.15, 0.2) is 24.6 Å². The van der Waals surface area contributed by atoms with Crippen molar-refractivity contribution in [1.82, 2.24) is 0 Å². The molecule has 0 aromatic carbocycles. The summed E-state index contributed by atoms with van der Waals surface area (Å²) in [7, 11) is -5.53. The van der Waals surface area contributed by atoms with Crippen LogP contribution in [0.25, 0.3) is 0 Å². The molecule has 2 aliphatic rings. The Hall–Kier alpha value is -1.51. The van der Waals surface area contributed by atoms with Crippen LogP contribution in [0, 0.1) is 0 Å². The van der Waals surface area contributed by atoms with Gasteiger partial charge in [0.25, 0.3) is 0 Å². The fourth-order valence-corrected chi connectivity index (χ4v) is 8.42. The summed E-state index contributed by atoms with van der Waals surface area (Å²) in [5.74, 6) is -1.46. The van der Waals surface area contributed by atoms with Crippen LogP contribution in [0.4, 0.5) is 0 Å². The van der Waals surface area contributed by atoms with Crippen molar-refractivity contribution >= 4 is 22.3 Å². The first-order valence-corrected chi connectivity index (χ1v) is 24.9. The Balaban J connectivity index is 2.04. The highest BCUT2D eigenvalue weighted by atomic mass is 32.3. The van der Waals surface area contributed by atoms with Gasteiger partial charge in [0.2, 0.25) is 16.7 Å². The summed E-state index contributed by atoms with van der Waals surface area (Å²) in [5, 5.41) is 52.2. The average molecular weight is 898 g/mol. The number of carbonyl (C=O) groups excluding carboxylic acids is 2. The first-order valence-electron chi connectivity index (χ1n) is 23.6. The molecule has 2 fully saturated rings. The highest BCUT2D eigenvalue weighted by Crippen LogP contribution is 2.33. The lowest BCUT2D eigenvalue weighted by Gasteiger charge is -2.46. The second-order valence-corrected chi connectivity index (χ2v) is 17.9. The molecule has 17 heteroatoms. The van der Waals surface area contributed by atoms with E-state index in [0.717, 1.165) is 51.4 Å². The standard InChI is InChI=1S/C44H82O16S/c1-3-5-7-9-11-13-15-17-19-21-23-25-27-29-35(47)57-40-38(50)34(32-46)56-44(59-43-41(60-61(52,53)54)39(51)37(49)33(31-45)55-43)42(40)58-36(48)30-28-26-24-22-20-18-16-14-12-10-8-6-4-2/h33-34,37-46,49-51H,3-32H2,1-2H3,(H,52,53,54)/p-1. The predicted octanol–water partition coefficient (Wildman–Crippen LogP) is 6.15. The van der Waals surface area contributed by atoms with Crippen LogP contribution in [0.2, 0.25) is 0 Å². The molecular formula is C44H81O16S-. The maximum atomic E-state index is 13.3. The third-order valence-corrected chi connectivity index (χ3v) is 12.1. The smallest absolute Gasteiger partial charge is 0.306 e. The third kappa shape index (κ3) is 23.3. The fourth-order valence-electron chi connectivity index (χ4n) is 7.94. The Morgan fingerprint density at radius 3 is 1.18 bits per heavy atom. The quantitative estimate of drug-likeness (QED) is 0.0205. The Bertz CT molecular complexity index is 1240. The van der Waals surface area contributed by atoms with E-state index < -0.39 is 97.0 Å². The molecule has 2 aliphatic heterocycles. The second kappa shape index (κ2) is 33.0. The lowest BCUT2D eigenvalue weighted by Crippen LogP contribution is -2.65. The van der Waals surface area contributed by atoms with Gasteiger partial charge in [-0.25, -0.2) is 8.42 Å². The van der Waals surface area contributed by atoms with Crippen LogP contribution in [0.3, 0.4) is 0 Å². The summed E-state index contributed by atoms with van der Waals surface area (Å²) in [4.78, 5) is 26.5. The van der Waals surface area contributed by atoms with Crippen LogP contribution in [0.1, 0.15) is 194 Å². The maximum absolute atomic E-state index is 13.3. The highest BCUT2D eigenvalue weighted by Gasteiger charge is 2.54. The fraction of sp³-hybridized carbons (Fsp3) is 0.955. The van der Waals surface area contributed by atoms with Gasteiger partial charge in [-0.1, -0.05) is 168 Å². The zero-order chi connectivity index (χ0) is 44.9. The number of hydrogen-bond donors (Lipinski definition) is 5. The first kappa shape index (κ1) is 55.6. The topological polar surface area (TPSA) is 248 Å². The van der Waals surface area contributed by atoms with Crippen molar-refractivity contribution in [3.05, 3.63) is 0 Å². The molecule has 2 heterocycles. The largest absolute Gasteiger partial charge is 0.726 e. The minimum absolute atomic E-state index is 0.0119. The number of rotatable bonds is 36. The van der Waals surface area contributed by atoms with E-state index in [1.807, 2.05) is 0 Å². The molecule has 360 valence electrons. The van der Waals surface area contributed by atoms with Crippen LogP contribution in [-0.2, 0) is 47.9 Å². The SMILES string of the molecule is CCCCCCCCCCCCCCCC(=O)OC1C(OC2OC(CO)C(O)C(O)C2OS(=O)(=O)[O-])OC(CO)C(O)C1OC(=O)CCCCCCCCCCCCCCC. The van der Waals surface area contributed by atoms with E-state index in [9.17, 15) is 48.1 Å². The van der Waals surface area contributed by atoms with Crippen LogP contribution in [0.5, 0.6) is 0 Å². The van der Waals surface area contributed by atoms with E-state index in [2.05, 4.69) is 18.0 Å². The van der Waals surface area contributed by atoms with Crippen molar-refractivity contribution in [2.45, 2.75) is 255 Å². The second-order valence-electron chi connectivity index (χ2n) is 16.9. The van der Waals surface area contributed by atoms with E-state index in [1.54, 1.807) is 0 Å². The monoisotopic (exact) mass is 898 g/mol. The van der Waals surface area contributed by atoms with Crippen LogP contribution < -0.4 is 0 Å². The van der Waals surface area contributed by atoms with Gasteiger partial charge in [-0.2, -0.15) is 0 Å². The van der Waals surface area contributed by atoms with Gasteiger partial charge in [0.05, 0.1) is 13.2 Å². The molecule has 0 saturated carbocycles. The Morgan fingerprint density at radius 1 is 0.492 bits per heavy atom. The van der Waals surface area contributed by atoms with Gasteiger partial charge in [-0.05, 0) is 12.8 Å². The van der Waals surface area contributed by atoms with Crippen molar-refractivity contribution in [2.75, 3.05) is 13.2 Å². The van der Waals surface area contributed by atoms with Crippen molar-refractivity contribution in [3.8, 4) is 0 Å². The normalized spacial score (nSPS) is 27.0. The summed E-state index contributed by atoms with van der Waals surface area (Å²) >= 11 is 0. The Morgan fingerprint density at radius 2 is 0.820 bits per heavy atom. The minimum atomic E-state index is -5.53. The molecule has 2 rings (SSSR count). The van der Waals surface area contributed by atoms with Gasteiger partial charge >= 0.3 is 11.9 Å². The van der Waals surface area contributed by atoms with Crippen LogP contribution in [0.15, 0.2) is 0 Å². The molecule has 5 N–H and O–H groups in total. The molecule has 16 nitrogen and oxygen atoms in total.